The van der Waals surface area contributed by atoms with Crippen LogP contribution in [-0.4, -0.2) is 25.9 Å². The summed E-state index contributed by atoms with van der Waals surface area (Å²) in [5.74, 6) is 0. The maximum atomic E-state index is 10.3. The monoisotopic (exact) mass is 282 g/mol. The lowest BCUT2D eigenvalue weighted by Crippen LogP contribution is -2.21. The van der Waals surface area contributed by atoms with Crippen LogP contribution in [0.1, 0.15) is 33.1 Å². The van der Waals surface area contributed by atoms with E-state index in [2.05, 4.69) is 31.9 Å². The summed E-state index contributed by atoms with van der Waals surface area (Å²) in [5.41, 5.74) is 4.54. The molecule has 0 aliphatic heterocycles. The molecular weight excluding hydrogens is 252 g/mol. The van der Waals surface area contributed by atoms with Gasteiger partial charge in [0.25, 0.3) is 0 Å². The van der Waals surface area contributed by atoms with Crippen LogP contribution in [0.25, 0.3) is 0 Å². The lowest BCUT2D eigenvalue weighted by molar-refractivity contribution is 0.198. The smallest absolute Gasteiger partial charge is 0.0845 e. The van der Waals surface area contributed by atoms with Crippen molar-refractivity contribution in [2.75, 3.05) is 6.61 Å². The zero-order valence-electron chi connectivity index (χ0n) is 13.2. The summed E-state index contributed by atoms with van der Waals surface area (Å²) in [6.45, 7) is 15.4. The minimum atomic E-state index is -1.33. The summed E-state index contributed by atoms with van der Waals surface area (Å²) in [4.78, 5) is 0. The minimum absolute atomic E-state index is 0.366. The first kappa shape index (κ1) is 18.2. The summed E-state index contributed by atoms with van der Waals surface area (Å²) in [7, 11) is -1.33. The summed E-state index contributed by atoms with van der Waals surface area (Å²) in [5, 5.41) is 10.3. The molecule has 0 bridgehead atoms. The molecule has 0 saturated heterocycles. The maximum Gasteiger partial charge on any atom is 0.0845 e. The van der Waals surface area contributed by atoms with Crippen molar-refractivity contribution < 1.29 is 9.84 Å². The highest BCUT2D eigenvalue weighted by Crippen LogP contribution is 2.19. The van der Waals surface area contributed by atoms with E-state index >= 15 is 0 Å². The van der Waals surface area contributed by atoms with Crippen molar-refractivity contribution in [2.45, 2.75) is 58.9 Å². The highest BCUT2D eigenvalue weighted by atomic mass is 28.3. The number of allylic oxidation sites excluding steroid dienone is 2. The third-order valence-electron chi connectivity index (χ3n) is 2.60. The molecule has 0 aromatic carbocycles. The predicted octanol–water partition coefficient (Wildman–Crippen LogP) is 4.45. The molecule has 0 aliphatic carbocycles. The highest BCUT2D eigenvalue weighted by molar-refractivity contribution is 6.81. The molecule has 0 aliphatic rings. The molecule has 0 spiro atoms. The molecule has 1 N–H and O–H groups in total. The van der Waals surface area contributed by atoms with Gasteiger partial charge < -0.3 is 9.84 Å². The van der Waals surface area contributed by atoms with Crippen molar-refractivity contribution >= 4 is 8.07 Å². The molecule has 0 aromatic heterocycles. The van der Waals surface area contributed by atoms with Gasteiger partial charge in [-0.15, -0.1) is 6.58 Å². The molecule has 0 aromatic rings. The van der Waals surface area contributed by atoms with Crippen LogP contribution in [-0.2, 0) is 4.74 Å². The van der Waals surface area contributed by atoms with Crippen molar-refractivity contribution in [1.29, 1.82) is 0 Å². The second-order valence-corrected chi connectivity index (χ2v) is 11.1. The van der Waals surface area contributed by atoms with Gasteiger partial charge >= 0.3 is 0 Å². The van der Waals surface area contributed by atoms with Gasteiger partial charge in [-0.05, 0) is 44.8 Å². The van der Waals surface area contributed by atoms with Crippen LogP contribution in [0, 0.1) is 0 Å². The third-order valence-corrected chi connectivity index (χ3v) is 3.84. The van der Waals surface area contributed by atoms with E-state index in [4.69, 9.17) is 4.74 Å². The van der Waals surface area contributed by atoms with Crippen LogP contribution >= 0.6 is 0 Å². The van der Waals surface area contributed by atoms with E-state index in [0.717, 1.165) is 30.4 Å². The molecule has 19 heavy (non-hydrogen) atoms. The third kappa shape index (κ3) is 10.8. The Morgan fingerprint density at radius 3 is 2.47 bits per heavy atom. The standard InChI is InChI=1S/C16H30O2Si/c1-7-18-12-8-9-15(13-19(4,5)6)16(17)11-10-14(2)3/h8,12-13,16-17H,2,7,9-11H2,1,3-6H3/b12-8+,15-13-. The Labute approximate surface area is 119 Å². The highest BCUT2D eigenvalue weighted by Gasteiger charge is 2.15. The molecule has 0 heterocycles. The molecule has 0 amide bonds. The quantitative estimate of drug-likeness (QED) is 0.385. The molecule has 0 radical (unpaired) electrons. The zero-order chi connectivity index (χ0) is 14.9. The average molecular weight is 282 g/mol. The number of aliphatic hydroxyl groups excluding tert-OH is 1. The molecule has 3 heteroatoms. The van der Waals surface area contributed by atoms with Gasteiger partial charge in [0.2, 0.25) is 0 Å². The maximum absolute atomic E-state index is 10.3. The Morgan fingerprint density at radius 1 is 1.37 bits per heavy atom. The number of aliphatic hydroxyl groups is 1. The van der Waals surface area contributed by atoms with Crippen LogP contribution in [0.2, 0.25) is 19.6 Å². The Hall–Kier alpha value is -0.803. The largest absolute Gasteiger partial charge is 0.502 e. The number of hydrogen-bond donors (Lipinski definition) is 1. The molecule has 0 rings (SSSR count). The van der Waals surface area contributed by atoms with E-state index in [0.29, 0.717) is 6.61 Å². The van der Waals surface area contributed by atoms with Gasteiger partial charge in [0.05, 0.1) is 27.0 Å². The summed E-state index contributed by atoms with van der Waals surface area (Å²) in [6.07, 6.45) is 5.74. The molecule has 1 atom stereocenters. The second-order valence-electron chi connectivity index (χ2n) is 6.13. The van der Waals surface area contributed by atoms with Crippen LogP contribution in [0.5, 0.6) is 0 Å². The predicted molar refractivity (Wildman–Crippen MR) is 86.9 cm³/mol. The van der Waals surface area contributed by atoms with Crippen LogP contribution < -0.4 is 0 Å². The lowest BCUT2D eigenvalue weighted by Gasteiger charge is -2.19. The van der Waals surface area contributed by atoms with Crippen molar-refractivity contribution in [3.8, 4) is 0 Å². The number of hydrogen-bond acceptors (Lipinski definition) is 2. The van der Waals surface area contributed by atoms with Crippen LogP contribution in [0.4, 0.5) is 0 Å². The van der Waals surface area contributed by atoms with Gasteiger partial charge in [-0.1, -0.05) is 30.9 Å². The first-order valence-electron chi connectivity index (χ1n) is 7.07. The van der Waals surface area contributed by atoms with Gasteiger partial charge in [-0.25, -0.2) is 0 Å². The molecule has 110 valence electrons. The average Bonchev–Trinajstić information content (AvgIpc) is 2.28. The SMILES string of the molecule is C=C(C)CCC(O)/C(=C\[Si](C)(C)C)C/C=C/OCC. The molecule has 0 fully saturated rings. The van der Waals surface area contributed by atoms with Crippen molar-refractivity contribution in [1.82, 2.24) is 0 Å². The topological polar surface area (TPSA) is 29.5 Å². The normalized spacial score (nSPS) is 14.7. The Balaban J connectivity index is 4.67. The zero-order valence-corrected chi connectivity index (χ0v) is 14.2. The Bertz CT molecular complexity index is 324. The molecular formula is C16H30O2Si. The lowest BCUT2D eigenvalue weighted by atomic mass is 10.0. The van der Waals surface area contributed by atoms with Crippen molar-refractivity contribution in [2.24, 2.45) is 0 Å². The van der Waals surface area contributed by atoms with Crippen molar-refractivity contribution in [3.05, 3.63) is 35.8 Å². The first-order valence-corrected chi connectivity index (χ1v) is 10.6. The van der Waals surface area contributed by atoms with Gasteiger partial charge in [0.15, 0.2) is 0 Å². The summed E-state index contributed by atoms with van der Waals surface area (Å²) >= 11 is 0. The molecule has 2 nitrogen and oxygen atoms in total. The fraction of sp³-hybridized carbons (Fsp3) is 0.625. The fourth-order valence-electron chi connectivity index (χ4n) is 1.76. The molecule has 0 saturated carbocycles. The van der Waals surface area contributed by atoms with Crippen LogP contribution in [0.3, 0.4) is 0 Å². The van der Waals surface area contributed by atoms with Gasteiger partial charge in [-0.3, -0.25) is 0 Å². The fourth-order valence-corrected chi connectivity index (χ4v) is 3.19. The Morgan fingerprint density at radius 2 is 2.00 bits per heavy atom. The van der Waals surface area contributed by atoms with Gasteiger partial charge in [0.1, 0.15) is 0 Å². The van der Waals surface area contributed by atoms with E-state index < -0.39 is 8.07 Å². The van der Waals surface area contributed by atoms with Gasteiger partial charge in [0, 0.05) is 0 Å². The summed E-state index contributed by atoms with van der Waals surface area (Å²) < 4.78 is 5.20. The minimum Gasteiger partial charge on any atom is -0.502 e. The number of ether oxygens (including phenoxy) is 1. The van der Waals surface area contributed by atoms with E-state index in [-0.39, 0.29) is 6.10 Å². The van der Waals surface area contributed by atoms with E-state index in [1.807, 2.05) is 19.9 Å². The van der Waals surface area contributed by atoms with E-state index in [9.17, 15) is 5.11 Å². The van der Waals surface area contributed by atoms with Crippen LogP contribution in [0.15, 0.2) is 35.8 Å². The second kappa shape index (κ2) is 9.16. The van der Waals surface area contributed by atoms with E-state index in [1.54, 1.807) is 6.26 Å². The van der Waals surface area contributed by atoms with Crippen molar-refractivity contribution in [3.63, 3.8) is 0 Å². The Kier molecular flexibility index (Phi) is 8.77. The van der Waals surface area contributed by atoms with Gasteiger partial charge in [-0.2, -0.15) is 0 Å². The molecule has 1 unspecified atom stereocenters. The summed E-state index contributed by atoms with van der Waals surface area (Å²) in [6, 6.07) is 0. The number of rotatable bonds is 9. The first-order chi connectivity index (χ1) is 8.76. The van der Waals surface area contributed by atoms with E-state index in [1.165, 1.54) is 0 Å².